The van der Waals surface area contributed by atoms with Crippen LogP contribution < -0.4 is 5.32 Å². The predicted octanol–water partition coefficient (Wildman–Crippen LogP) is 3.04. The summed E-state index contributed by atoms with van der Waals surface area (Å²) in [4.78, 5) is 14.8. The molecule has 2 rings (SSSR count). The highest BCUT2D eigenvalue weighted by Crippen LogP contribution is 2.22. The lowest BCUT2D eigenvalue weighted by Crippen LogP contribution is -2.07. The first kappa shape index (κ1) is 13.4. The van der Waals surface area contributed by atoms with Gasteiger partial charge >= 0.3 is 5.97 Å². The molecule has 0 atom stereocenters. The van der Waals surface area contributed by atoms with Gasteiger partial charge in [-0.05, 0) is 19.1 Å². The van der Waals surface area contributed by atoms with Crippen LogP contribution in [0.2, 0.25) is 0 Å². The Morgan fingerprint density at radius 1 is 1.42 bits per heavy atom. The van der Waals surface area contributed by atoms with E-state index in [9.17, 15) is 13.6 Å². The molecule has 0 amide bonds. The van der Waals surface area contributed by atoms with Gasteiger partial charge in [0.1, 0.15) is 17.3 Å². The van der Waals surface area contributed by atoms with Crippen LogP contribution in [-0.4, -0.2) is 16.1 Å². The fourth-order valence-electron chi connectivity index (χ4n) is 1.53. The van der Waals surface area contributed by atoms with Gasteiger partial charge < -0.3 is 10.4 Å². The normalized spacial score (nSPS) is 10.5. The summed E-state index contributed by atoms with van der Waals surface area (Å²) in [6, 6.07) is 1.56. The van der Waals surface area contributed by atoms with Crippen LogP contribution in [0.4, 0.5) is 14.5 Å². The SMILES string of the molecule is Cc1nc(CNc2c(F)cc(C(=O)O)cc2F)cs1. The maximum absolute atomic E-state index is 13.6. The van der Waals surface area contributed by atoms with Crippen LogP contribution in [0, 0.1) is 18.6 Å². The van der Waals surface area contributed by atoms with Crippen molar-refractivity contribution in [2.24, 2.45) is 0 Å². The lowest BCUT2D eigenvalue weighted by atomic mass is 10.2. The molecule has 4 nitrogen and oxygen atoms in total. The minimum atomic E-state index is -1.38. The van der Waals surface area contributed by atoms with Gasteiger partial charge in [0.15, 0.2) is 0 Å². The van der Waals surface area contributed by atoms with Crippen molar-refractivity contribution < 1.29 is 18.7 Å². The molecule has 2 N–H and O–H groups in total. The number of benzene rings is 1. The second-order valence-electron chi connectivity index (χ2n) is 3.83. The van der Waals surface area contributed by atoms with Gasteiger partial charge in [-0.3, -0.25) is 0 Å². The van der Waals surface area contributed by atoms with E-state index in [1.807, 2.05) is 6.92 Å². The molecule has 0 aliphatic heterocycles. The second kappa shape index (κ2) is 5.31. The quantitative estimate of drug-likeness (QED) is 0.906. The van der Waals surface area contributed by atoms with Crippen LogP contribution in [0.5, 0.6) is 0 Å². The van der Waals surface area contributed by atoms with Gasteiger partial charge in [-0.25, -0.2) is 18.6 Å². The molecule has 0 fully saturated rings. The monoisotopic (exact) mass is 284 g/mol. The van der Waals surface area contributed by atoms with E-state index in [2.05, 4.69) is 10.3 Å². The predicted molar refractivity (Wildman–Crippen MR) is 67.5 cm³/mol. The van der Waals surface area contributed by atoms with E-state index < -0.39 is 23.2 Å². The summed E-state index contributed by atoms with van der Waals surface area (Å²) in [6.07, 6.45) is 0. The van der Waals surface area contributed by atoms with Crippen LogP contribution in [0.3, 0.4) is 0 Å². The number of hydrogen-bond acceptors (Lipinski definition) is 4. The summed E-state index contributed by atoms with van der Waals surface area (Å²) in [5.41, 5.74) is -0.107. The molecular weight excluding hydrogens is 274 g/mol. The highest BCUT2D eigenvalue weighted by atomic mass is 32.1. The third-order valence-electron chi connectivity index (χ3n) is 2.40. The Hall–Kier alpha value is -2.02. The Labute approximate surface area is 111 Å². The van der Waals surface area contributed by atoms with Crippen molar-refractivity contribution in [2.45, 2.75) is 13.5 Å². The first-order chi connectivity index (χ1) is 8.97. The fraction of sp³-hybridized carbons (Fsp3) is 0.167. The largest absolute Gasteiger partial charge is 0.478 e. The van der Waals surface area contributed by atoms with Crippen LogP contribution in [0.15, 0.2) is 17.5 Å². The fourth-order valence-corrected chi connectivity index (χ4v) is 2.15. The maximum Gasteiger partial charge on any atom is 0.335 e. The van der Waals surface area contributed by atoms with E-state index in [4.69, 9.17) is 5.11 Å². The average molecular weight is 284 g/mol. The van der Waals surface area contributed by atoms with Gasteiger partial charge in [-0.2, -0.15) is 0 Å². The number of aromatic nitrogens is 1. The molecule has 0 unspecified atom stereocenters. The number of nitrogens with zero attached hydrogens (tertiary/aromatic N) is 1. The summed E-state index contributed by atoms with van der Waals surface area (Å²) in [6.45, 7) is 2.00. The van der Waals surface area contributed by atoms with Gasteiger partial charge in [-0.1, -0.05) is 0 Å². The Morgan fingerprint density at radius 2 is 2.05 bits per heavy atom. The van der Waals surface area contributed by atoms with E-state index >= 15 is 0 Å². The lowest BCUT2D eigenvalue weighted by Gasteiger charge is -2.08. The molecule has 0 saturated heterocycles. The summed E-state index contributed by atoms with van der Waals surface area (Å²) in [7, 11) is 0. The minimum absolute atomic E-state index is 0.171. The van der Waals surface area contributed by atoms with Crippen molar-refractivity contribution in [2.75, 3.05) is 5.32 Å². The number of carboxylic acids is 1. The molecule has 1 heterocycles. The maximum atomic E-state index is 13.6. The number of carboxylic acid groups (broad SMARTS) is 1. The molecule has 2 aromatic rings. The molecule has 1 aromatic heterocycles. The van der Waals surface area contributed by atoms with E-state index in [1.165, 1.54) is 11.3 Å². The molecule has 0 aliphatic carbocycles. The number of rotatable bonds is 4. The van der Waals surface area contributed by atoms with Crippen molar-refractivity contribution in [3.8, 4) is 0 Å². The summed E-state index contributed by atoms with van der Waals surface area (Å²) >= 11 is 1.44. The molecule has 100 valence electrons. The third-order valence-corrected chi connectivity index (χ3v) is 3.22. The highest BCUT2D eigenvalue weighted by molar-refractivity contribution is 7.09. The van der Waals surface area contributed by atoms with E-state index in [-0.39, 0.29) is 12.2 Å². The molecule has 7 heteroatoms. The van der Waals surface area contributed by atoms with E-state index in [1.54, 1.807) is 5.38 Å². The van der Waals surface area contributed by atoms with Crippen molar-refractivity contribution in [1.29, 1.82) is 0 Å². The summed E-state index contributed by atoms with van der Waals surface area (Å²) in [5.74, 6) is -3.26. The molecule has 0 spiro atoms. The zero-order valence-corrected chi connectivity index (χ0v) is 10.7. The smallest absolute Gasteiger partial charge is 0.335 e. The van der Waals surface area contributed by atoms with Crippen molar-refractivity contribution in [3.63, 3.8) is 0 Å². The van der Waals surface area contributed by atoms with Crippen LogP contribution >= 0.6 is 11.3 Å². The first-order valence-corrected chi connectivity index (χ1v) is 6.22. The standard InChI is InChI=1S/C12H10F2N2O2S/c1-6-16-8(5-19-6)4-15-11-9(13)2-7(12(17)18)3-10(11)14/h2-3,5,15H,4H2,1H3,(H,17,18). The van der Waals surface area contributed by atoms with Crippen LogP contribution in [0.25, 0.3) is 0 Å². The number of thiazole rings is 1. The number of aromatic carboxylic acids is 1. The number of carbonyl (C=O) groups is 1. The first-order valence-electron chi connectivity index (χ1n) is 5.34. The molecule has 1 aromatic carbocycles. The highest BCUT2D eigenvalue weighted by Gasteiger charge is 2.14. The summed E-state index contributed by atoms with van der Waals surface area (Å²) in [5, 5.41) is 13.9. The number of halogens is 2. The molecule has 0 aliphatic rings. The molecule has 0 bridgehead atoms. The summed E-state index contributed by atoms with van der Waals surface area (Å²) < 4.78 is 27.2. The van der Waals surface area contributed by atoms with Crippen LogP contribution in [0.1, 0.15) is 21.1 Å². The van der Waals surface area contributed by atoms with E-state index in [0.717, 1.165) is 17.1 Å². The van der Waals surface area contributed by atoms with Crippen molar-refractivity contribution in [3.05, 3.63) is 45.4 Å². The molecule has 19 heavy (non-hydrogen) atoms. The number of aryl methyl sites for hydroxylation is 1. The second-order valence-corrected chi connectivity index (χ2v) is 4.89. The number of hydrogen-bond donors (Lipinski definition) is 2. The molecular formula is C12H10F2N2O2S. The van der Waals surface area contributed by atoms with Crippen molar-refractivity contribution >= 4 is 23.0 Å². The van der Waals surface area contributed by atoms with Gasteiger partial charge in [0.25, 0.3) is 0 Å². The molecule has 0 radical (unpaired) electrons. The molecule has 0 saturated carbocycles. The number of nitrogens with one attached hydrogen (secondary N) is 1. The zero-order chi connectivity index (χ0) is 14.0. The van der Waals surface area contributed by atoms with Crippen molar-refractivity contribution in [1.82, 2.24) is 4.98 Å². The third kappa shape index (κ3) is 3.05. The van der Waals surface area contributed by atoms with Crippen LogP contribution in [-0.2, 0) is 6.54 Å². The topological polar surface area (TPSA) is 62.2 Å². The number of anilines is 1. The Kier molecular flexibility index (Phi) is 3.75. The van der Waals surface area contributed by atoms with Gasteiger partial charge in [0.05, 0.1) is 22.8 Å². The van der Waals surface area contributed by atoms with Gasteiger partial charge in [-0.15, -0.1) is 11.3 Å². The Bertz CT molecular complexity index is 605. The van der Waals surface area contributed by atoms with Gasteiger partial charge in [0, 0.05) is 5.38 Å². The minimum Gasteiger partial charge on any atom is -0.478 e. The zero-order valence-electron chi connectivity index (χ0n) is 9.91. The van der Waals surface area contributed by atoms with Gasteiger partial charge in [0.2, 0.25) is 0 Å². The Balaban J connectivity index is 2.18. The lowest BCUT2D eigenvalue weighted by molar-refractivity contribution is 0.0696. The van der Waals surface area contributed by atoms with E-state index in [0.29, 0.717) is 5.69 Å². The Morgan fingerprint density at radius 3 is 2.53 bits per heavy atom. The average Bonchev–Trinajstić information content (AvgIpc) is 2.73.